The van der Waals surface area contributed by atoms with E-state index in [1.807, 2.05) is 85.8 Å². The smallest absolute Gasteiger partial charge is 0.251 e. The SMILES string of the molecule is Cc1ccccc1CNC(=O)c1ccccc1COc1ccccc1. The van der Waals surface area contributed by atoms with Gasteiger partial charge in [0.2, 0.25) is 0 Å². The number of rotatable bonds is 6. The minimum atomic E-state index is -0.0875. The Morgan fingerprint density at radius 3 is 2.24 bits per heavy atom. The maximum atomic E-state index is 12.6. The lowest BCUT2D eigenvalue weighted by atomic mass is 10.1. The van der Waals surface area contributed by atoms with Crippen molar-refractivity contribution in [1.29, 1.82) is 0 Å². The first kappa shape index (κ1) is 16.8. The number of para-hydroxylation sites is 1. The summed E-state index contributed by atoms with van der Waals surface area (Å²) in [4.78, 5) is 12.6. The predicted octanol–water partition coefficient (Wildman–Crippen LogP) is 4.50. The van der Waals surface area contributed by atoms with Gasteiger partial charge in [-0.15, -0.1) is 0 Å². The molecule has 1 amide bonds. The number of carbonyl (C=O) groups excluding carboxylic acids is 1. The quantitative estimate of drug-likeness (QED) is 0.722. The van der Waals surface area contributed by atoms with E-state index in [1.165, 1.54) is 5.56 Å². The van der Waals surface area contributed by atoms with E-state index in [0.29, 0.717) is 18.7 Å². The van der Waals surface area contributed by atoms with Crippen LogP contribution in [-0.2, 0) is 13.2 Å². The molecule has 0 aliphatic heterocycles. The molecule has 3 heteroatoms. The fourth-order valence-corrected chi connectivity index (χ4v) is 2.62. The molecule has 0 atom stereocenters. The molecule has 0 fully saturated rings. The molecule has 0 unspecified atom stereocenters. The topological polar surface area (TPSA) is 38.3 Å². The second kappa shape index (κ2) is 8.15. The summed E-state index contributed by atoms with van der Waals surface area (Å²) in [7, 11) is 0. The van der Waals surface area contributed by atoms with Crippen LogP contribution in [0.1, 0.15) is 27.0 Å². The summed E-state index contributed by atoms with van der Waals surface area (Å²) in [5.74, 6) is 0.702. The Labute approximate surface area is 148 Å². The van der Waals surface area contributed by atoms with E-state index >= 15 is 0 Å². The normalized spacial score (nSPS) is 10.3. The van der Waals surface area contributed by atoms with Crippen molar-refractivity contribution in [2.24, 2.45) is 0 Å². The van der Waals surface area contributed by atoms with Gasteiger partial charge in [-0.25, -0.2) is 0 Å². The van der Waals surface area contributed by atoms with Gasteiger partial charge >= 0.3 is 0 Å². The van der Waals surface area contributed by atoms with Crippen LogP contribution >= 0.6 is 0 Å². The Morgan fingerprint density at radius 2 is 1.48 bits per heavy atom. The predicted molar refractivity (Wildman–Crippen MR) is 99.6 cm³/mol. The van der Waals surface area contributed by atoms with E-state index in [0.717, 1.165) is 16.9 Å². The second-order valence-electron chi connectivity index (χ2n) is 5.87. The summed E-state index contributed by atoms with van der Waals surface area (Å²) in [6.07, 6.45) is 0. The molecular weight excluding hydrogens is 310 g/mol. The Kier molecular flexibility index (Phi) is 5.47. The molecule has 0 aromatic heterocycles. The van der Waals surface area contributed by atoms with Gasteiger partial charge in [0.15, 0.2) is 0 Å². The molecule has 3 aromatic carbocycles. The Bertz CT molecular complexity index is 843. The molecule has 126 valence electrons. The number of benzene rings is 3. The highest BCUT2D eigenvalue weighted by molar-refractivity contribution is 5.95. The van der Waals surface area contributed by atoms with E-state index in [-0.39, 0.29) is 5.91 Å². The highest BCUT2D eigenvalue weighted by atomic mass is 16.5. The number of ether oxygens (including phenoxy) is 1. The molecule has 0 saturated carbocycles. The van der Waals surface area contributed by atoms with Gasteiger partial charge in [-0.2, -0.15) is 0 Å². The molecule has 3 rings (SSSR count). The van der Waals surface area contributed by atoms with Crippen molar-refractivity contribution in [3.63, 3.8) is 0 Å². The minimum absolute atomic E-state index is 0.0875. The van der Waals surface area contributed by atoms with E-state index in [4.69, 9.17) is 4.74 Å². The van der Waals surface area contributed by atoms with Gasteiger partial charge in [0.1, 0.15) is 12.4 Å². The third-order valence-corrected chi connectivity index (χ3v) is 4.10. The zero-order valence-corrected chi connectivity index (χ0v) is 14.2. The first-order chi connectivity index (χ1) is 12.2. The highest BCUT2D eigenvalue weighted by Gasteiger charge is 2.11. The first-order valence-electron chi connectivity index (χ1n) is 8.32. The summed E-state index contributed by atoms with van der Waals surface area (Å²) in [6, 6.07) is 25.2. The zero-order chi connectivity index (χ0) is 17.5. The Morgan fingerprint density at radius 1 is 0.840 bits per heavy atom. The van der Waals surface area contributed by atoms with Gasteiger partial charge < -0.3 is 10.1 Å². The summed E-state index contributed by atoms with van der Waals surface area (Å²) in [6.45, 7) is 2.92. The number of carbonyl (C=O) groups is 1. The van der Waals surface area contributed by atoms with Crippen molar-refractivity contribution in [3.05, 3.63) is 101 Å². The lowest BCUT2D eigenvalue weighted by molar-refractivity contribution is 0.0948. The van der Waals surface area contributed by atoms with Crippen molar-refractivity contribution in [3.8, 4) is 5.75 Å². The standard InChI is InChI=1S/C22H21NO2/c1-17-9-5-6-10-18(17)15-23-22(24)21-14-8-7-11-19(21)16-25-20-12-3-2-4-13-20/h2-14H,15-16H2,1H3,(H,23,24). The third-order valence-electron chi connectivity index (χ3n) is 4.10. The van der Waals surface area contributed by atoms with Gasteiger partial charge in [-0.3, -0.25) is 4.79 Å². The molecular formula is C22H21NO2. The fourth-order valence-electron chi connectivity index (χ4n) is 2.62. The zero-order valence-electron chi connectivity index (χ0n) is 14.2. The summed E-state index contributed by atoms with van der Waals surface area (Å²) in [5, 5.41) is 3.00. The van der Waals surface area contributed by atoms with E-state index in [1.54, 1.807) is 0 Å². The molecule has 0 aliphatic rings. The van der Waals surface area contributed by atoms with Crippen LogP contribution in [0.15, 0.2) is 78.9 Å². The molecule has 0 saturated heterocycles. The van der Waals surface area contributed by atoms with Crippen LogP contribution in [0.25, 0.3) is 0 Å². The molecule has 0 radical (unpaired) electrons. The average Bonchev–Trinajstić information content (AvgIpc) is 2.66. The van der Waals surface area contributed by atoms with Crippen LogP contribution in [0.5, 0.6) is 5.75 Å². The van der Waals surface area contributed by atoms with Gasteiger partial charge in [-0.1, -0.05) is 60.7 Å². The molecule has 0 aliphatic carbocycles. The number of hydrogen-bond acceptors (Lipinski definition) is 2. The maximum absolute atomic E-state index is 12.6. The van der Waals surface area contributed by atoms with Crippen LogP contribution in [0.3, 0.4) is 0 Å². The number of hydrogen-bond donors (Lipinski definition) is 1. The van der Waals surface area contributed by atoms with E-state index in [9.17, 15) is 4.79 Å². The fraction of sp³-hybridized carbons (Fsp3) is 0.136. The lowest BCUT2D eigenvalue weighted by Crippen LogP contribution is -2.24. The van der Waals surface area contributed by atoms with Crippen molar-refractivity contribution in [1.82, 2.24) is 5.32 Å². The molecule has 3 aromatic rings. The van der Waals surface area contributed by atoms with Crippen molar-refractivity contribution in [2.75, 3.05) is 0 Å². The number of aryl methyl sites for hydroxylation is 1. The van der Waals surface area contributed by atoms with Crippen molar-refractivity contribution in [2.45, 2.75) is 20.1 Å². The lowest BCUT2D eigenvalue weighted by Gasteiger charge is -2.12. The van der Waals surface area contributed by atoms with Crippen LogP contribution in [0.4, 0.5) is 0 Å². The molecule has 0 spiro atoms. The summed E-state index contributed by atoms with van der Waals surface area (Å²) in [5.41, 5.74) is 3.80. The molecule has 0 bridgehead atoms. The van der Waals surface area contributed by atoms with E-state index < -0.39 is 0 Å². The van der Waals surface area contributed by atoms with Gasteiger partial charge in [0.25, 0.3) is 5.91 Å². The Balaban J connectivity index is 1.67. The summed E-state index contributed by atoms with van der Waals surface area (Å²) < 4.78 is 5.78. The van der Waals surface area contributed by atoms with Crippen LogP contribution in [-0.4, -0.2) is 5.91 Å². The van der Waals surface area contributed by atoms with Crippen LogP contribution in [0, 0.1) is 6.92 Å². The first-order valence-corrected chi connectivity index (χ1v) is 8.32. The van der Waals surface area contributed by atoms with Gasteiger partial charge in [0.05, 0.1) is 0 Å². The highest BCUT2D eigenvalue weighted by Crippen LogP contribution is 2.15. The van der Waals surface area contributed by atoms with Gasteiger partial charge in [-0.05, 0) is 36.2 Å². The summed E-state index contributed by atoms with van der Waals surface area (Å²) >= 11 is 0. The molecule has 25 heavy (non-hydrogen) atoms. The van der Waals surface area contributed by atoms with Crippen molar-refractivity contribution < 1.29 is 9.53 Å². The van der Waals surface area contributed by atoms with Crippen LogP contribution in [0.2, 0.25) is 0 Å². The van der Waals surface area contributed by atoms with Crippen molar-refractivity contribution >= 4 is 5.91 Å². The average molecular weight is 331 g/mol. The monoisotopic (exact) mass is 331 g/mol. The van der Waals surface area contributed by atoms with Gasteiger partial charge in [0, 0.05) is 17.7 Å². The second-order valence-corrected chi connectivity index (χ2v) is 5.87. The molecule has 3 nitrogen and oxygen atoms in total. The maximum Gasteiger partial charge on any atom is 0.251 e. The van der Waals surface area contributed by atoms with E-state index in [2.05, 4.69) is 5.32 Å². The number of nitrogens with one attached hydrogen (secondary N) is 1. The molecule has 0 heterocycles. The van der Waals surface area contributed by atoms with Crippen LogP contribution < -0.4 is 10.1 Å². The minimum Gasteiger partial charge on any atom is -0.489 e. The third kappa shape index (κ3) is 4.48. The Hall–Kier alpha value is -3.07. The molecule has 1 N–H and O–H groups in total. The largest absolute Gasteiger partial charge is 0.489 e. The number of amides is 1.